The van der Waals surface area contributed by atoms with Crippen LogP contribution in [-0.2, 0) is 11.3 Å². The van der Waals surface area contributed by atoms with Crippen LogP contribution in [0, 0.1) is 5.92 Å². The number of ether oxygens (including phenoxy) is 1. The zero-order valence-electron chi connectivity index (χ0n) is 12.4. The molecule has 2 unspecified atom stereocenters. The highest BCUT2D eigenvalue weighted by atomic mass is 16.5. The second-order valence-electron chi connectivity index (χ2n) is 5.75. The van der Waals surface area contributed by atoms with Crippen molar-refractivity contribution in [3.05, 3.63) is 29.8 Å². The summed E-state index contributed by atoms with van der Waals surface area (Å²) < 4.78 is 5.22. The van der Waals surface area contributed by atoms with Crippen molar-refractivity contribution in [3.8, 4) is 0 Å². The second-order valence-corrected chi connectivity index (χ2v) is 5.75. The smallest absolute Gasteiger partial charge is 0.0713 e. The van der Waals surface area contributed by atoms with E-state index in [4.69, 9.17) is 4.74 Å². The summed E-state index contributed by atoms with van der Waals surface area (Å²) in [6.07, 6.45) is 1.20. The molecule has 1 saturated heterocycles. The van der Waals surface area contributed by atoms with E-state index >= 15 is 0 Å². The monoisotopic (exact) mass is 262 g/mol. The molecule has 1 fully saturated rings. The topological polar surface area (TPSA) is 24.5 Å². The SMILES string of the molecule is COCc1cccc(N2CCC(C)NCC(C)C2)c1. The van der Waals surface area contributed by atoms with Crippen LogP contribution in [0.5, 0.6) is 0 Å². The molecule has 3 nitrogen and oxygen atoms in total. The average molecular weight is 262 g/mol. The first-order chi connectivity index (χ1) is 9.19. The maximum atomic E-state index is 5.22. The van der Waals surface area contributed by atoms with Gasteiger partial charge in [-0.2, -0.15) is 0 Å². The van der Waals surface area contributed by atoms with E-state index in [1.807, 2.05) is 0 Å². The van der Waals surface area contributed by atoms with Gasteiger partial charge in [0.15, 0.2) is 0 Å². The zero-order chi connectivity index (χ0) is 13.7. The van der Waals surface area contributed by atoms with Crippen molar-refractivity contribution in [3.63, 3.8) is 0 Å². The van der Waals surface area contributed by atoms with E-state index < -0.39 is 0 Å². The van der Waals surface area contributed by atoms with Gasteiger partial charge in [0, 0.05) is 31.9 Å². The lowest BCUT2D eigenvalue weighted by atomic mass is 10.1. The molecular weight excluding hydrogens is 236 g/mol. The fourth-order valence-electron chi connectivity index (χ4n) is 2.63. The molecule has 2 atom stereocenters. The van der Waals surface area contributed by atoms with Crippen LogP contribution in [0.2, 0.25) is 0 Å². The lowest BCUT2D eigenvalue weighted by molar-refractivity contribution is 0.185. The van der Waals surface area contributed by atoms with Gasteiger partial charge in [-0.3, -0.25) is 0 Å². The highest BCUT2D eigenvalue weighted by Crippen LogP contribution is 2.20. The number of anilines is 1. The van der Waals surface area contributed by atoms with Crippen molar-refractivity contribution < 1.29 is 4.74 Å². The molecular formula is C16H26N2O. The minimum absolute atomic E-state index is 0.604. The quantitative estimate of drug-likeness (QED) is 0.906. The van der Waals surface area contributed by atoms with Gasteiger partial charge in [-0.15, -0.1) is 0 Å². The predicted octanol–water partition coefficient (Wildman–Crippen LogP) is 2.66. The Balaban J connectivity index is 2.11. The standard InChI is InChI=1S/C16H26N2O/c1-13-10-17-14(2)7-8-18(11-13)16-6-4-5-15(9-16)12-19-3/h4-6,9,13-14,17H,7-8,10-12H2,1-3H3. The molecule has 1 aliphatic rings. The fraction of sp³-hybridized carbons (Fsp3) is 0.625. The molecule has 0 aromatic heterocycles. The Morgan fingerprint density at radius 3 is 3.00 bits per heavy atom. The van der Waals surface area contributed by atoms with E-state index in [-0.39, 0.29) is 0 Å². The Hall–Kier alpha value is -1.06. The number of methoxy groups -OCH3 is 1. The maximum absolute atomic E-state index is 5.22. The normalized spacial score (nSPS) is 24.9. The van der Waals surface area contributed by atoms with Crippen LogP contribution < -0.4 is 10.2 Å². The highest BCUT2D eigenvalue weighted by molar-refractivity contribution is 5.48. The molecule has 1 N–H and O–H groups in total. The summed E-state index contributed by atoms with van der Waals surface area (Å²) in [6.45, 7) is 8.63. The summed E-state index contributed by atoms with van der Waals surface area (Å²) in [5.41, 5.74) is 2.58. The lowest BCUT2D eigenvalue weighted by Crippen LogP contribution is -2.42. The molecule has 1 heterocycles. The fourth-order valence-corrected chi connectivity index (χ4v) is 2.63. The number of rotatable bonds is 3. The number of nitrogens with one attached hydrogen (secondary N) is 1. The first kappa shape index (κ1) is 14.4. The van der Waals surface area contributed by atoms with Gasteiger partial charge in [-0.1, -0.05) is 19.1 Å². The number of nitrogens with zero attached hydrogens (tertiary/aromatic N) is 1. The molecule has 2 rings (SSSR count). The lowest BCUT2D eigenvalue weighted by Gasteiger charge is -2.33. The molecule has 0 amide bonds. The van der Waals surface area contributed by atoms with Crippen LogP contribution in [0.15, 0.2) is 24.3 Å². The van der Waals surface area contributed by atoms with Crippen molar-refractivity contribution in [2.75, 3.05) is 31.6 Å². The van der Waals surface area contributed by atoms with Crippen molar-refractivity contribution in [2.45, 2.75) is 32.9 Å². The maximum Gasteiger partial charge on any atom is 0.0713 e. The summed E-state index contributed by atoms with van der Waals surface area (Å²) in [5, 5.41) is 3.59. The molecule has 0 bridgehead atoms. The van der Waals surface area contributed by atoms with Crippen LogP contribution in [0.3, 0.4) is 0 Å². The Kier molecular flexibility index (Phi) is 5.23. The molecule has 1 aromatic rings. The molecule has 0 radical (unpaired) electrons. The van der Waals surface area contributed by atoms with Crippen molar-refractivity contribution in [1.82, 2.24) is 5.32 Å². The van der Waals surface area contributed by atoms with Gasteiger partial charge >= 0.3 is 0 Å². The van der Waals surface area contributed by atoms with Gasteiger partial charge in [0.05, 0.1) is 6.61 Å². The van der Waals surface area contributed by atoms with Crippen LogP contribution in [-0.4, -0.2) is 32.8 Å². The third-order valence-corrected chi connectivity index (χ3v) is 3.77. The van der Waals surface area contributed by atoms with Crippen LogP contribution >= 0.6 is 0 Å². The van der Waals surface area contributed by atoms with Gasteiger partial charge in [0.25, 0.3) is 0 Å². The molecule has 0 spiro atoms. The Labute approximate surface area is 116 Å². The van der Waals surface area contributed by atoms with Gasteiger partial charge in [0.1, 0.15) is 0 Å². The van der Waals surface area contributed by atoms with E-state index in [1.54, 1.807) is 7.11 Å². The highest BCUT2D eigenvalue weighted by Gasteiger charge is 2.16. The van der Waals surface area contributed by atoms with E-state index in [1.165, 1.54) is 17.7 Å². The zero-order valence-corrected chi connectivity index (χ0v) is 12.4. The van der Waals surface area contributed by atoms with Gasteiger partial charge in [-0.25, -0.2) is 0 Å². The number of hydrogen-bond acceptors (Lipinski definition) is 3. The minimum Gasteiger partial charge on any atom is -0.380 e. The molecule has 0 aliphatic carbocycles. The van der Waals surface area contributed by atoms with Gasteiger partial charge < -0.3 is 15.0 Å². The van der Waals surface area contributed by atoms with Crippen molar-refractivity contribution in [1.29, 1.82) is 0 Å². The number of benzene rings is 1. The van der Waals surface area contributed by atoms with E-state index in [0.717, 1.165) is 19.6 Å². The summed E-state index contributed by atoms with van der Waals surface area (Å²) in [7, 11) is 1.75. The molecule has 106 valence electrons. The predicted molar refractivity (Wildman–Crippen MR) is 80.6 cm³/mol. The molecule has 1 aromatic carbocycles. The molecule has 19 heavy (non-hydrogen) atoms. The third kappa shape index (κ3) is 4.22. The van der Waals surface area contributed by atoms with Crippen LogP contribution in [0.25, 0.3) is 0 Å². The Morgan fingerprint density at radius 2 is 2.21 bits per heavy atom. The first-order valence-corrected chi connectivity index (χ1v) is 7.25. The van der Waals surface area contributed by atoms with E-state index in [2.05, 4.69) is 48.3 Å². The second kappa shape index (κ2) is 6.92. The molecule has 3 heteroatoms. The van der Waals surface area contributed by atoms with Crippen LogP contribution in [0.1, 0.15) is 25.8 Å². The van der Waals surface area contributed by atoms with Crippen LogP contribution in [0.4, 0.5) is 5.69 Å². The Morgan fingerprint density at radius 1 is 1.37 bits per heavy atom. The third-order valence-electron chi connectivity index (χ3n) is 3.77. The first-order valence-electron chi connectivity index (χ1n) is 7.25. The Bertz CT molecular complexity index is 394. The largest absolute Gasteiger partial charge is 0.380 e. The van der Waals surface area contributed by atoms with E-state index in [9.17, 15) is 0 Å². The van der Waals surface area contributed by atoms with Crippen molar-refractivity contribution in [2.24, 2.45) is 5.92 Å². The summed E-state index contributed by atoms with van der Waals surface area (Å²) in [4.78, 5) is 2.52. The van der Waals surface area contributed by atoms with Crippen molar-refractivity contribution >= 4 is 5.69 Å². The summed E-state index contributed by atoms with van der Waals surface area (Å²) in [5.74, 6) is 0.675. The minimum atomic E-state index is 0.604. The molecule has 0 saturated carbocycles. The number of hydrogen-bond donors (Lipinski definition) is 1. The summed E-state index contributed by atoms with van der Waals surface area (Å²) >= 11 is 0. The average Bonchev–Trinajstić information content (AvgIpc) is 2.40. The molecule has 1 aliphatic heterocycles. The van der Waals surface area contributed by atoms with Gasteiger partial charge in [0.2, 0.25) is 0 Å². The summed E-state index contributed by atoms with van der Waals surface area (Å²) in [6, 6.07) is 9.34. The van der Waals surface area contributed by atoms with Gasteiger partial charge in [-0.05, 0) is 43.5 Å². The van der Waals surface area contributed by atoms with E-state index in [0.29, 0.717) is 18.6 Å².